The Kier molecular flexibility index (Phi) is 4.78. The van der Waals surface area contributed by atoms with Crippen LogP contribution in [-0.2, 0) is 4.74 Å². The number of rotatable bonds is 5. The maximum atomic E-state index is 11.8. The van der Waals surface area contributed by atoms with E-state index >= 15 is 0 Å². The van der Waals surface area contributed by atoms with Crippen molar-refractivity contribution in [2.45, 2.75) is 6.92 Å². The van der Waals surface area contributed by atoms with Crippen LogP contribution in [0.15, 0.2) is 60.7 Å². The van der Waals surface area contributed by atoms with E-state index in [2.05, 4.69) is 15.2 Å². The Hall–Kier alpha value is -4.00. The van der Waals surface area contributed by atoms with Crippen LogP contribution in [0.5, 0.6) is 0 Å². The van der Waals surface area contributed by atoms with Gasteiger partial charge in [-0.25, -0.2) is 9.78 Å². The molecule has 0 fully saturated rings. The number of nitrogens with two attached hydrogens (primary N) is 1. The second kappa shape index (κ2) is 7.55. The molecule has 0 saturated carbocycles. The first-order valence-electron chi connectivity index (χ1n) is 9.09. The molecule has 144 valence electrons. The molecular weight excluding hydrogens is 368 g/mol. The van der Waals surface area contributed by atoms with Crippen molar-refractivity contribution in [2.75, 3.05) is 6.61 Å². The minimum Gasteiger partial charge on any atom is -0.462 e. The topological polar surface area (TPSA) is 111 Å². The average Bonchev–Trinajstić information content (AvgIpc) is 3.17. The molecule has 0 radical (unpaired) electrons. The van der Waals surface area contributed by atoms with Crippen LogP contribution in [0.3, 0.4) is 0 Å². The van der Waals surface area contributed by atoms with Crippen LogP contribution in [0.4, 0.5) is 0 Å². The van der Waals surface area contributed by atoms with E-state index < -0.39 is 5.91 Å². The third-order valence-electron chi connectivity index (χ3n) is 4.55. The summed E-state index contributed by atoms with van der Waals surface area (Å²) in [6.45, 7) is 2.11. The van der Waals surface area contributed by atoms with Gasteiger partial charge in [0.2, 0.25) is 5.91 Å². The highest BCUT2D eigenvalue weighted by atomic mass is 16.5. The van der Waals surface area contributed by atoms with Gasteiger partial charge in [-0.2, -0.15) is 5.10 Å². The number of hydrogen-bond acceptors (Lipinski definition) is 5. The van der Waals surface area contributed by atoms with E-state index in [-0.39, 0.29) is 5.97 Å². The highest BCUT2D eigenvalue weighted by Crippen LogP contribution is 2.28. The maximum Gasteiger partial charge on any atom is 0.338 e. The smallest absolute Gasteiger partial charge is 0.338 e. The van der Waals surface area contributed by atoms with Gasteiger partial charge in [0.15, 0.2) is 5.65 Å². The normalized spacial score (nSPS) is 10.8. The van der Waals surface area contributed by atoms with Crippen molar-refractivity contribution >= 4 is 22.9 Å². The third-order valence-corrected chi connectivity index (χ3v) is 4.55. The first kappa shape index (κ1) is 18.4. The third kappa shape index (κ3) is 3.58. The van der Waals surface area contributed by atoms with Gasteiger partial charge < -0.3 is 10.5 Å². The number of fused-ring (bicyclic) bond motifs is 1. The quantitative estimate of drug-likeness (QED) is 0.509. The molecular formula is C22H18N4O3. The van der Waals surface area contributed by atoms with Crippen molar-refractivity contribution in [2.24, 2.45) is 5.73 Å². The van der Waals surface area contributed by atoms with Crippen molar-refractivity contribution in [1.29, 1.82) is 0 Å². The lowest BCUT2D eigenvalue weighted by Gasteiger charge is -2.04. The molecule has 0 unspecified atom stereocenters. The zero-order valence-electron chi connectivity index (χ0n) is 15.7. The summed E-state index contributed by atoms with van der Waals surface area (Å²) in [5.74, 6) is -0.834. The van der Waals surface area contributed by atoms with E-state index in [1.807, 2.05) is 30.3 Å². The van der Waals surface area contributed by atoms with Crippen LogP contribution in [0.25, 0.3) is 33.5 Å². The number of aromatic nitrogens is 3. The molecule has 7 nitrogen and oxygen atoms in total. The Balaban J connectivity index is 1.68. The number of amides is 1. The molecule has 3 N–H and O–H groups in total. The summed E-state index contributed by atoms with van der Waals surface area (Å²) in [6.07, 6.45) is 0. The molecule has 2 aromatic carbocycles. The summed E-state index contributed by atoms with van der Waals surface area (Å²) in [4.78, 5) is 27.8. The van der Waals surface area contributed by atoms with E-state index in [9.17, 15) is 9.59 Å². The highest BCUT2D eigenvalue weighted by Gasteiger charge is 2.12. The largest absolute Gasteiger partial charge is 0.462 e. The van der Waals surface area contributed by atoms with Crippen LogP contribution in [0.1, 0.15) is 27.6 Å². The van der Waals surface area contributed by atoms with Gasteiger partial charge >= 0.3 is 5.97 Å². The van der Waals surface area contributed by atoms with Crippen molar-refractivity contribution < 1.29 is 14.3 Å². The lowest BCUT2D eigenvalue weighted by atomic mass is 10.0. The number of carbonyl (C=O) groups excluding carboxylic acids is 2. The summed E-state index contributed by atoms with van der Waals surface area (Å²) in [6, 6.07) is 17.9. The van der Waals surface area contributed by atoms with Crippen LogP contribution in [0, 0.1) is 0 Å². The van der Waals surface area contributed by atoms with Gasteiger partial charge in [-0.1, -0.05) is 24.3 Å². The monoisotopic (exact) mass is 386 g/mol. The molecule has 0 aliphatic heterocycles. The second-order valence-corrected chi connectivity index (χ2v) is 6.41. The summed E-state index contributed by atoms with van der Waals surface area (Å²) in [5, 5.41) is 8.17. The molecule has 4 aromatic rings. The molecule has 2 aromatic heterocycles. The Bertz CT molecular complexity index is 1210. The lowest BCUT2D eigenvalue weighted by Crippen LogP contribution is -2.10. The van der Waals surface area contributed by atoms with Crippen LogP contribution < -0.4 is 5.73 Å². The number of nitrogens with zero attached hydrogens (tertiary/aromatic N) is 2. The Morgan fingerprint density at radius 2 is 1.79 bits per heavy atom. The highest BCUT2D eigenvalue weighted by molar-refractivity contribution is 5.95. The minimum atomic E-state index is -0.485. The number of hydrogen-bond donors (Lipinski definition) is 2. The summed E-state index contributed by atoms with van der Waals surface area (Å²) in [5.41, 5.74) is 9.99. The van der Waals surface area contributed by atoms with Gasteiger partial charge in [-0.15, -0.1) is 0 Å². The molecule has 0 aliphatic carbocycles. The van der Waals surface area contributed by atoms with E-state index in [1.54, 1.807) is 37.3 Å². The number of ether oxygens (including phenoxy) is 1. The predicted octanol–water partition coefficient (Wildman–Crippen LogP) is 3.57. The van der Waals surface area contributed by atoms with Crippen LogP contribution in [0.2, 0.25) is 0 Å². The number of carbonyl (C=O) groups is 2. The van der Waals surface area contributed by atoms with Crippen molar-refractivity contribution in [1.82, 2.24) is 15.2 Å². The Morgan fingerprint density at radius 1 is 1.00 bits per heavy atom. The van der Waals surface area contributed by atoms with Crippen molar-refractivity contribution in [3.8, 4) is 22.5 Å². The molecule has 0 saturated heterocycles. The molecule has 1 amide bonds. The van der Waals surface area contributed by atoms with Crippen LogP contribution >= 0.6 is 0 Å². The molecule has 0 spiro atoms. The first-order chi connectivity index (χ1) is 14.1. The first-order valence-corrected chi connectivity index (χ1v) is 9.09. The van der Waals surface area contributed by atoms with Gasteiger partial charge in [-0.05, 0) is 43.3 Å². The predicted molar refractivity (Wildman–Crippen MR) is 109 cm³/mol. The number of primary amides is 1. The summed E-state index contributed by atoms with van der Waals surface area (Å²) >= 11 is 0. The van der Waals surface area contributed by atoms with E-state index in [4.69, 9.17) is 10.5 Å². The van der Waals surface area contributed by atoms with Gasteiger partial charge in [0.25, 0.3) is 0 Å². The number of nitrogens with one attached hydrogen (secondary N) is 1. The molecule has 29 heavy (non-hydrogen) atoms. The van der Waals surface area contributed by atoms with Gasteiger partial charge in [-0.3, -0.25) is 9.89 Å². The standard InChI is InChI=1S/C22H18N4O3/c1-2-29-22(28)14-8-6-13(7-9-14)19-17-10-11-18(24-21(17)26-25-19)15-4-3-5-16(12-15)20(23)27/h3-12H,2H2,1H3,(H2,23,27)(H,24,25,26). The molecule has 2 heterocycles. The van der Waals surface area contributed by atoms with Crippen molar-refractivity contribution in [3.63, 3.8) is 0 Å². The molecule has 0 atom stereocenters. The Morgan fingerprint density at radius 3 is 2.52 bits per heavy atom. The van der Waals surface area contributed by atoms with Crippen molar-refractivity contribution in [3.05, 3.63) is 71.8 Å². The van der Waals surface area contributed by atoms with Gasteiger partial charge in [0, 0.05) is 22.1 Å². The fourth-order valence-corrected chi connectivity index (χ4v) is 3.10. The average molecular weight is 386 g/mol. The maximum absolute atomic E-state index is 11.8. The summed E-state index contributed by atoms with van der Waals surface area (Å²) in [7, 11) is 0. The zero-order chi connectivity index (χ0) is 20.4. The summed E-state index contributed by atoms with van der Waals surface area (Å²) < 4.78 is 5.01. The minimum absolute atomic E-state index is 0.335. The van der Waals surface area contributed by atoms with E-state index in [1.165, 1.54) is 0 Å². The molecule has 4 rings (SSSR count). The fraction of sp³-hybridized carbons (Fsp3) is 0.0909. The zero-order valence-corrected chi connectivity index (χ0v) is 15.7. The Labute approximate surface area is 166 Å². The number of benzene rings is 2. The fourth-order valence-electron chi connectivity index (χ4n) is 3.10. The number of pyridine rings is 1. The number of esters is 1. The van der Waals surface area contributed by atoms with Gasteiger partial charge in [0.05, 0.1) is 23.6 Å². The van der Waals surface area contributed by atoms with Gasteiger partial charge in [0.1, 0.15) is 0 Å². The SMILES string of the molecule is CCOC(=O)c1ccc(-c2[nH]nc3nc(-c4cccc(C(N)=O)c4)ccc23)cc1. The second-order valence-electron chi connectivity index (χ2n) is 6.41. The van der Waals surface area contributed by atoms with Crippen LogP contribution in [-0.4, -0.2) is 33.7 Å². The molecule has 7 heteroatoms. The molecule has 0 aliphatic rings. The number of H-pyrrole nitrogens is 1. The molecule has 0 bridgehead atoms. The number of aromatic amines is 1. The lowest BCUT2D eigenvalue weighted by molar-refractivity contribution is 0.0526. The van der Waals surface area contributed by atoms with E-state index in [0.717, 1.165) is 22.2 Å². The van der Waals surface area contributed by atoms with E-state index in [0.29, 0.717) is 29.1 Å².